The minimum atomic E-state index is -1.09. The van der Waals surface area contributed by atoms with E-state index in [4.69, 9.17) is 0 Å². The first kappa shape index (κ1) is 15.6. The molecule has 1 aromatic heterocycles. The number of hydrogen-bond acceptors (Lipinski definition) is 4. The Morgan fingerprint density at radius 3 is 2.47 bits per heavy atom. The van der Waals surface area contributed by atoms with Crippen molar-refractivity contribution in [1.29, 1.82) is 0 Å². The van der Waals surface area contributed by atoms with Crippen molar-refractivity contribution >= 4 is 23.6 Å². The van der Waals surface area contributed by atoms with Crippen molar-refractivity contribution in [1.82, 2.24) is 15.5 Å². The smallest absolute Gasteiger partial charge is 0.331 e. The van der Waals surface area contributed by atoms with Gasteiger partial charge >= 0.3 is 5.97 Å². The molecule has 3 N–H and O–H groups in total. The number of nitrogens with one attached hydrogen (secondary N) is 2. The summed E-state index contributed by atoms with van der Waals surface area (Å²) in [5, 5.41) is 18.8. The second-order valence-corrected chi connectivity index (χ2v) is 6.11. The predicted molar refractivity (Wildman–Crippen MR) is 74.2 cm³/mol. The van der Waals surface area contributed by atoms with E-state index in [-0.39, 0.29) is 11.7 Å². The molecule has 0 bridgehead atoms. The number of aromatic amines is 1. The van der Waals surface area contributed by atoms with Crippen molar-refractivity contribution in [2.45, 2.75) is 39.0 Å². The molecule has 7 heteroatoms. The first-order chi connectivity index (χ1) is 8.82. The van der Waals surface area contributed by atoms with Gasteiger partial charge < -0.3 is 10.4 Å². The zero-order chi connectivity index (χ0) is 14.6. The van der Waals surface area contributed by atoms with Crippen molar-refractivity contribution in [3.63, 3.8) is 0 Å². The van der Waals surface area contributed by atoms with Crippen LogP contribution in [0.1, 0.15) is 36.8 Å². The summed E-state index contributed by atoms with van der Waals surface area (Å²) in [6.45, 7) is 7.41. The highest BCUT2D eigenvalue weighted by molar-refractivity contribution is 8.00. The van der Waals surface area contributed by atoms with E-state index in [0.717, 1.165) is 0 Å². The maximum absolute atomic E-state index is 11.8. The molecule has 0 aliphatic heterocycles. The molecule has 106 valence electrons. The number of rotatable bonds is 6. The number of aliphatic carboxylic acids is 1. The van der Waals surface area contributed by atoms with Gasteiger partial charge in [0.05, 0.1) is 11.4 Å². The third-order valence-electron chi connectivity index (χ3n) is 2.57. The molecule has 1 aromatic rings. The summed E-state index contributed by atoms with van der Waals surface area (Å²) in [6, 6.07) is -1.06. The van der Waals surface area contributed by atoms with Gasteiger partial charge in [-0.1, -0.05) is 13.8 Å². The number of nitrogens with zero attached hydrogens (tertiary/aromatic N) is 1. The summed E-state index contributed by atoms with van der Waals surface area (Å²) in [5.74, 6) is -1.13. The van der Waals surface area contributed by atoms with Crippen LogP contribution in [-0.2, 0) is 9.59 Å². The molecule has 0 saturated heterocycles. The molecule has 1 amide bonds. The summed E-state index contributed by atoms with van der Waals surface area (Å²) in [6.07, 6.45) is 0. The number of aryl methyl sites for hydroxylation is 2. The lowest BCUT2D eigenvalue weighted by molar-refractivity contribution is -0.141. The standard InChI is InChI=1S/C12H19N3O3S/c1-6(2)19-5-9(16)13-11(12(17)18)10-7(3)14-15-8(10)4/h6,11H,5H2,1-4H3,(H,13,16)(H,14,15)(H,17,18)/t11-/m1/s1. The third-order valence-corrected chi connectivity index (χ3v) is 3.67. The first-order valence-electron chi connectivity index (χ1n) is 5.98. The lowest BCUT2D eigenvalue weighted by atomic mass is 10.1. The van der Waals surface area contributed by atoms with Crippen molar-refractivity contribution in [3.05, 3.63) is 17.0 Å². The fourth-order valence-electron chi connectivity index (χ4n) is 1.69. The van der Waals surface area contributed by atoms with Gasteiger partial charge in [0.15, 0.2) is 6.04 Å². The molecule has 1 atom stereocenters. The first-order valence-corrected chi connectivity index (χ1v) is 7.03. The molecule has 0 aliphatic rings. The van der Waals surface area contributed by atoms with E-state index in [1.165, 1.54) is 11.8 Å². The van der Waals surface area contributed by atoms with Gasteiger partial charge in [-0.15, -0.1) is 11.8 Å². The molecule has 0 unspecified atom stereocenters. The maximum atomic E-state index is 11.8. The quantitative estimate of drug-likeness (QED) is 0.734. The summed E-state index contributed by atoms with van der Waals surface area (Å²) >= 11 is 1.47. The third kappa shape index (κ3) is 4.27. The van der Waals surface area contributed by atoms with Crippen LogP contribution in [0.5, 0.6) is 0 Å². The van der Waals surface area contributed by atoms with Crippen LogP contribution in [-0.4, -0.2) is 38.2 Å². The number of aromatic nitrogens is 2. The summed E-state index contributed by atoms with van der Waals surface area (Å²) < 4.78 is 0. The van der Waals surface area contributed by atoms with Gasteiger partial charge in [-0.25, -0.2) is 4.79 Å². The highest BCUT2D eigenvalue weighted by Crippen LogP contribution is 2.20. The van der Waals surface area contributed by atoms with Gasteiger partial charge in [0, 0.05) is 11.3 Å². The predicted octanol–water partition coefficient (Wildman–Crippen LogP) is 1.41. The molecule has 0 aromatic carbocycles. The van der Waals surface area contributed by atoms with E-state index in [1.807, 2.05) is 13.8 Å². The molecule has 0 radical (unpaired) electrons. The van der Waals surface area contributed by atoms with Crippen LogP contribution in [0.3, 0.4) is 0 Å². The SMILES string of the molecule is Cc1n[nH]c(C)c1[C@@H](NC(=O)CSC(C)C)C(=O)O. The van der Waals surface area contributed by atoms with Gasteiger partial charge in [0.25, 0.3) is 0 Å². The molecule has 19 heavy (non-hydrogen) atoms. The Morgan fingerprint density at radius 1 is 1.42 bits per heavy atom. The number of carbonyl (C=O) groups is 2. The highest BCUT2D eigenvalue weighted by Gasteiger charge is 2.27. The average Bonchev–Trinajstić information content (AvgIpc) is 2.63. The van der Waals surface area contributed by atoms with E-state index in [0.29, 0.717) is 22.2 Å². The lowest BCUT2D eigenvalue weighted by Crippen LogP contribution is -2.35. The Hall–Kier alpha value is -1.50. The van der Waals surface area contributed by atoms with Crippen molar-refractivity contribution in [2.24, 2.45) is 0 Å². The van der Waals surface area contributed by atoms with Crippen LogP contribution in [0, 0.1) is 13.8 Å². The number of carbonyl (C=O) groups excluding carboxylic acids is 1. The normalized spacial score (nSPS) is 12.5. The number of carboxylic acids is 1. The van der Waals surface area contributed by atoms with E-state index in [1.54, 1.807) is 13.8 Å². The van der Waals surface area contributed by atoms with Crippen LogP contribution < -0.4 is 5.32 Å². The molecule has 0 aliphatic carbocycles. The largest absolute Gasteiger partial charge is 0.479 e. The maximum Gasteiger partial charge on any atom is 0.331 e. The van der Waals surface area contributed by atoms with Crippen LogP contribution >= 0.6 is 11.8 Å². The lowest BCUT2D eigenvalue weighted by Gasteiger charge is -2.15. The van der Waals surface area contributed by atoms with Crippen molar-refractivity contribution < 1.29 is 14.7 Å². The molecule has 1 heterocycles. The fourth-order valence-corrected chi connectivity index (χ4v) is 2.26. The Labute approximate surface area is 116 Å². The zero-order valence-corrected chi connectivity index (χ0v) is 12.3. The van der Waals surface area contributed by atoms with Crippen molar-refractivity contribution in [3.8, 4) is 0 Å². The molecule has 6 nitrogen and oxygen atoms in total. The number of carboxylic acid groups (broad SMARTS) is 1. The van der Waals surface area contributed by atoms with Gasteiger partial charge in [-0.2, -0.15) is 5.10 Å². The minimum Gasteiger partial charge on any atom is -0.479 e. The van der Waals surface area contributed by atoms with Gasteiger partial charge in [0.1, 0.15) is 0 Å². The molecule has 1 rings (SSSR count). The van der Waals surface area contributed by atoms with Crippen LogP contribution in [0.2, 0.25) is 0 Å². The summed E-state index contributed by atoms with van der Waals surface area (Å²) in [5.41, 5.74) is 1.76. The number of hydrogen-bond donors (Lipinski definition) is 3. The Balaban J connectivity index is 2.80. The summed E-state index contributed by atoms with van der Waals surface area (Å²) in [7, 11) is 0. The molecular weight excluding hydrogens is 266 g/mol. The molecule has 0 spiro atoms. The molecule has 0 fully saturated rings. The van der Waals surface area contributed by atoms with Gasteiger partial charge in [-0.05, 0) is 19.1 Å². The number of amides is 1. The molecular formula is C12H19N3O3S. The van der Waals surface area contributed by atoms with Crippen molar-refractivity contribution in [2.75, 3.05) is 5.75 Å². The second-order valence-electron chi connectivity index (χ2n) is 4.55. The van der Waals surface area contributed by atoms with E-state index in [9.17, 15) is 14.7 Å². The van der Waals surface area contributed by atoms with Crippen LogP contribution in [0.4, 0.5) is 0 Å². The van der Waals surface area contributed by atoms with Crippen LogP contribution in [0.25, 0.3) is 0 Å². The highest BCUT2D eigenvalue weighted by atomic mass is 32.2. The monoisotopic (exact) mass is 285 g/mol. The van der Waals surface area contributed by atoms with Crippen LogP contribution in [0.15, 0.2) is 0 Å². The van der Waals surface area contributed by atoms with Gasteiger partial charge in [-0.3, -0.25) is 9.89 Å². The Bertz CT molecular complexity index is 451. The topological polar surface area (TPSA) is 95.1 Å². The Kier molecular flexibility index (Phi) is 5.41. The molecule has 0 saturated carbocycles. The number of thioether (sulfide) groups is 1. The Morgan fingerprint density at radius 2 is 2.05 bits per heavy atom. The van der Waals surface area contributed by atoms with Gasteiger partial charge in [0.2, 0.25) is 5.91 Å². The number of H-pyrrole nitrogens is 1. The van der Waals surface area contributed by atoms with E-state index < -0.39 is 12.0 Å². The fraction of sp³-hybridized carbons (Fsp3) is 0.583. The minimum absolute atomic E-state index is 0.247. The summed E-state index contributed by atoms with van der Waals surface area (Å²) in [4.78, 5) is 23.1. The van der Waals surface area contributed by atoms with E-state index in [2.05, 4.69) is 15.5 Å². The van der Waals surface area contributed by atoms with E-state index >= 15 is 0 Å². The second kappa shape index (κ2) is 6.60. The zero-order valence-electron chi connectivity index (χ0n) is 11.5. The average molecular weight is 285 g/mol.